The Hall–Kier alpha value is -1.38. The van der Waals surface area contributed by atoms with Crippen molar-refractivity contribution in [2.75, 3.05) is 13.2 Å². The van der Waals surface area contributed by atoms with E-state index in [0.717, 1.165) is 25.0 Å². The Balaban J connectivity index is 0.000000827. The average molecular weight is 500 g/mol. The third-order valence-corrected chi connectivity index (χ3v) is 6.94. The molecule has 184 valence electrons. The molecule has 0 aliphatic rings. The molecule has 1 amide bonds. The van der Waals surface area contributed by atoms with Gasteiger partial charge in [-0.05, 0) is 60.4 Å². The van der Waals surface area contributed by atoms with Gasteiger partial charge in [0.25, 0.3) is 10.1 Å². The molecule has 0 aliphatic heterocycles. The van der Waals surface area contributed by atoms with E-state index in [4.69, 9.17) is 9.29 Å². The zero-order chi connectivity index (χ0) is 25.1. The molecule has 34 heavy (non-hydrogen) atoms. The summed E-state index contributed by atoms with van der Waals surface area (Å²) in [6.45, 7) is 14.7. The quantitative estimate of drug-likeness (QED) is 0.163. The van der Waals surface area contributed by atoms with Crippen LogP contribution in [0.3, 0.4) is 0 Å². The van der Waals surface area contributed by atoms with Crippen LogP contribution in [0.1, 0.15) is 71.9 Å². The summed E-state index contributed by atoms with van der Waals surface area (Å²) in [5.74, 6) is 0.961. The van der Waals surface area contributed by atoms with Crippen LogP contribution in [-0.2, 0) is 25.7 Å². The first-order chi connectivity index (χ1) is 15.4. The zero-order valence-corrected chi connectivity index (χ0v) is 24.5. The standard InChI is InChI=1S/C20H32NO2.C6H6O3S.Na/c1-7-19(3,4)16-10-11-18(23-13-9-12-21-15-22)17(14-16)20(5,6)8-2;7-10(8,9)6-4-2-1-3-5-6;/h10-11,14H,7-9,12-13H2,1-6H3,(H,21,22);1-5H,(H,7,8,9);/q-1;;+1. The van der Waals surface area contributed by atoms with Gasteiger partial charge in [-0.3, -0.25) is 4.55 Å². The molecule has 0 saturated carbocycles. The Morgan fingerprint density at radius 3 is 2.03 bits per heavy atom. The Kier molecular flexibility index (Phi) is 14.3. The summed E-state index contributed by atoms with van der Waals surface area (Å²) >= 11 is 0. The van der Waals surface area contributed by atoms with Gasteiger partial charge in [-0.2, -0.15) is 14.8 Å². The minimum atomic E-state index is -4.00. The molecule has 0 spiro atoms. The van der Waals surface area contributed by atoms with Gasteiger partial charge in [0.05, 0.1) is 11.5 Å². The van der Waals surface area contributed by atoms with Crippen LogP contribution >= 0.6 is 0 Å². The minimum Gasteiger partial charge on any atom is -0.530 e. The molecule has 0 unspecified atom stereocenters. The second-order valence-corrected chi connectivity index (χ2v) is 10.6. The van der Waals surface area contributed by atoms with Crippen LogP contribution in [0.25, 0.3) is 0 Å². The van der Waals surface area contributed by atoms with Crippen molar-refractivity contribution in [3.63, 3.8) is 0 Å². The number of nitrogens with one attached hydrogen (secondary N) is 1. The molecule has 0 heterocycles. The largest absolute Gasteiger partial charge is 1.00 e. The normalized spacial score (nSPS) is 11.5. The second-order valence-electron chi connectivity index (χ2n) is 9.20. The fourth-order valence-corrected chi connectivity index (χ4v) is 3.49. The van der Waals surface area contributed by atoms with Crippen LogP contribution < -0.4 is 39.6 Å². The molecular formula is C26H38NNaO5S. The monoisotopic (exact) mass is 499 g/mol. The van der Waals surface area contributed by atoms with Crippen LogP contribution in [0.2, 0.25) is 0 Å². The first kappa shape index (κ1) is 32.6. The molecule has 0 atom stereocenters. The molecule has 6 nitrogen and oxygen atoms in total. The minimum absolute atomic E-state index is 0. The molecule has 0 aliphatic carbocycles. The number of rotatable bonds is 11. The Morgan fingerprint density at radius 1 is 0.971 bits per heavy atom. The number of benzene rings is 2. The summed E-state index contributed by atoms with van der Waals surface area (Å²) in [5.41, 5.74) is 2.88. The molecule has 0 fully saturated rings. The van der Waals surface area contributed by atoms with Gasteiger partial charge in [0.2, 0.25) is 0 Å². The molecule has 2 aromatic rings. The van der Waals surface area contributed by atoms with E-state index < -0.39 is 10.1 Å². The van der Waals surface area contributed by atoms with E-state index >= 15 is 0 Å². The predicted molar refractivity (Wildman–Crippen MR) is 133 cm³/mol. The van der Waals surface area contributed by atoms with Crippen LogP contribution in [0, 0.1) is 0 Å². The van der Waals surface area contributed by atoms with Crippen molar-refractivity contribution >= 4 is 16.5 Å². The van der Waals surface area contributed by atoms with Gasteiger partial charge in [-0.1, -0.05) is 71.9 Å². The van der Waals surface area contributed by atoms with Crippen molar-refractivity contribution in [1.82, 2.24) is 5.32 Å². The summed E-state index contributed by atoms with van der Waals surface area (Å²) in [5, 5.41) is 2.54. The van der Waals surface area contributed by atoms with Crippen molar-refractivity contribution in [2.45, 2.75) is 76.5 Å². The molecule has 0 bridgehead atoms. The van der Waals surface area contributed by atoms with Crippen molar-refractivity contribution in [3.05, 3.63) is 59.7 Å². The molecule has 2 N–H and O–H groups in total. The van der Waals surface area contributed by atoms with E-state index in [0.29, 0.717) is 13.2 Å². The number of hydrogen-bond acceptors (Lipinski definition) is 4. The van der Waals surface area contributed by atoms with Gasteiger partial charge >= 0.3 is 29.6 Å². The topological polar surface area (TPSA) is 92.7 Å². The fourth-order valence-electron chi connectivity index (χ4n) is 2.99. The van der Waals surface area contributed by atoms with E-state index in [9.17, 15) is 13.2 Å². The molecule has 0 saturated heterocycles. The van der Waals surface area contributed by atoms with E-state index in [-0.39, 0.29) is 45.3 Å². The van der Waals surface area contributed by atoms with Crippen molar-refractivity contribution in [2.24, 2.45) is 0 Å². The first-order valence-electron chi connectivity index (χ1n) is 11.3. The van der Waals surface area contributed by atoms with Crippen LogP contribution in [0.15, 0.2) is 53.4 Å². The van der Waals surface area contributed by atoms with Crippen LogP contribution in [0.4, 0.5) is 0 Å². The number of ether oxygens (including phenoxy) is 1. The maximum atomic E-state index is 10.4. The smallest absolute Gasteiger partial charge is 0.530 e. The summed E-state index contributed by atoms with van der Waals surface area (Å²) in [7, 11) is -4.00. The van der Waals surface area contributed by atoms with E-state index in [1.54, 1.807) is 24.6 Å². The van der Waals surface area contributed by atoms with E-state index in [1.165, 1.54) is 23.3 Å². The Morgan fingerprint density at radius 2 is 1.56 bits per heavy atom. The summed E-state index contributed by atoms with van der Waals surface area (Å²) in [6, 6.07) is 14.0. The van der Waals surface area contributed by atoms with Gasteiger partial charge in [-0.25, -0.2) is 0 Å². The first-order valence-corrected chi connectivity index (χ1v) is 12.7. The zero-order valence-electron chi connectivity index (χ0n) is 21.6. The average Bonchev–Trinajstić information content (AvgIpc) is 2.79. The van der Waals surface area contributed by atoms with Gasteiger partial charge in [0, 0.05) is 5.56 Å². The Labute approximate surface area is 227 Å². The molecule has 8 heteroatoms. The third kappa shape index (κ3) is 10.5. The summed E-state index contributed by atoms with van der Waals surface area (Å²) < 4.78 is 35.2. The van der Waals surface area contributed by atoms with E-state index in [2.05, 4.69) is 65.1 Å². The molecule has 2 rings (SSSR count). The van der Waals surface area contributed by atoms with Gasteiger partial charge in [-0.15, -0.1) is 0 Å². The molecule has 0 radical (unpaired) electrons. The summed E-state index contributed by atoms with van der Waals surface area (Å²) in [6.07, 6.45) is 4.63. The molecule has 0 aromatic heterocycles. The summed E-state index contributed by atoms with van der Waals surface area (Å²) in [4.78, 5) is 10.1. The molecule has 2 aromatic carbocycles. The SMILES string of the molecule is CCC(C)(C)c1ccc(OCCCN[C-]=O)c(C(C)(C)CC)c1.O=S(=O)(O)c1ccccc1.[Na+]. The number of amides is 1. The third-order valence-electron chi connectivity index (χ3n) is 6.07. The number of carbonyl (C=O) groups excluding carboxylic acids is 1. The maximum absolute atomic E-state index is 10.4. The van der Waals surface area contributed by atoms with Crippen molar-refractivity contribution < 1.29 is 52.1 Å². The second kappa shape index (κ2) is 14.9. The number of hydrogen-bond donors (Lipinski definition) is 2. The van der Waals surface area contributed by atoms with Crippen molar-refractivity contribution in [3.8, 4) is 5.75 Å². The van der Waals surface area contributed by atoms with Crippen molar-refractivity contribution in [1.29, 1.82) is 0 Å². The van der Waals surface area contributed by atoms with Crippen LogP contribution in [-0.4, -0.2) is 32.5 Å². The van der Waals surface area contributed by atoms with Gasteiger partial charge in [0.15, 0.2) is 0 Å². The molecular weight excluding hydrogens is 461 g/mol. The van der Waals surface area contributed by atoms with Gasteiger partial charge < -0.3 is 14.8 Å². The van der Waals surface area contributed by atoms with E-state index in [1.807, 2.05) is 0 Å². The fraction of sp³-hybridized carbons (Fsp3) is 0.500. The maximum Gasteiger partial charge on any atom is 1.00 e. The van der Waals surface area contributed by atoms with Gasteiger partial charge in [0.1, 0.15) is 5.75 Å². The van der Waals surface area contributed by atoms with Crippen LogP contribution in [0.5, 0.6) is 5.75 Å². The predicted octanol–water partition coefficient (Wildman–Crippen LogP) is 2.42. The Bertz CT molecular complexity index is 976.